The summed E-state index contributed by atoms with van der Waals surface area (Å²) in [5.74, 6) is 0.621. The van der Waals surface area contributed by atoms with Crippen LogP contribution in [0.2, 0.25) is 0 Å². The summed E-state index contributed by atoms with van der Waals surface area (Å²) in [5.41, 5.74) is 2.72. The Balaban J connectivity index is 2.14. The predicted octanol–water partition coefficient (Wildman–Crippen LogP) is 1.70. The van der Waals surface area contributed by atoms with Gasteiger partial charge in [-0.2, -0.15) is 4.52 Å². The number of aryl methyl sites for hydroxylation is 1. The molecule has 0 fully saturated rings. The van der Waals surface area contributed by atoms with Crippen molar-refractivity contribution < 1.29 is 0 Å². The minimum atomic E-state index is 0.214. The van der Waals surface area contributed by atoms with E-state index in [0.29, 0.717) is 11.5 Å². The molecule has 1 aromatic carbocycles. The first-order chi connectivity index (χ1) is 9.74. The number of fused-ring (bicyclic) bond motifs is 3. The number of para-hydroxylation sites is 1. The average Bonchev–Trinajstić information content (AvgIpc) is 3.05. The van der Waals surface area contributed by atoms with Crippen molar-refractivity contribution in [2.45, 2.75) is 0 Å². The summed E-state index contributed by atoms with van der Waals surface area (Å²) in [6.07, 6.45) is 1.95. The summed E-state index contributed by atoms with van der Waals surface area (Å²) in [5, 5.41) is 13.4. The molecular formula is C14H12N6. The van der Waals surface area contributed by atoms with Crippen LogP contribution in [0.5, 0.6) is 0 Å². The van der Waals surface area contributed by atoms with Gasteiger partial charge in [0.25, 0.3) is 0 Å². The maximum absolute atomic E-state index is 8.04. The Labute approximate surface area is 113 Å². The van der Waals surface area contributed by atoms with E-state index in [1.807, 2.05) is 54.2 Å². The van der Waals surface area contributed by atoms with Crippen molar-refractivity contribution in [1.82, 2.24) is 24.1 Å². The van der Waals surface area contributed by atoms with Gasteiger partial charge >= 0.3 is 0 Å². The van der Waals surface area contributed by atoms with Crippen molar-refractivity contribution in [3.8, 4) is 11.5 Å². The van der Waals surface area contributed by atoms with E-state index in [0.717, 1.165) is 16.6 Å². The Bertz CT molecular complexity index is 988. The fourth-order valence-electron chi connectivity index (χ4n) is 2.41. The van der Waals surface area contributed by atoms with Crippen LogP contribution in [0.4, 0.5) is 0 Å². The fourth-order valence-corrected chi connectivity index (χ4v) is 2.41. The van der Waals surface area contributed by atoms with E-state index in [4.69, 9.17) is 5.41 Å². The monoisotopic (exact) mass is 264 g/mol. The van der Waals surface area contributed by atoms with Gasteiger partial charge in [0, 0.05) is 18.6 Å². The van der Waals surface area contributed by atoms with Crippen LogP contribution in [0.25, 0.3) is 28.1 Å². The lowest BCUT2D eigenvalue weighted by Crippen LogP contribution is -2.17. The SMILES string of the molecule is Cn1cccc1-c1nc2c3ccccc3[nH]c(=N)n2n1. The maximum atomic E-state index is 8.04. The third-order valence-electron chi connectivity index (χ3n) is 3.41. The second-order valence-corrected chi connectivity index (χ2v) is 4.69. The molecule has 0 spiro atoms. The van der Waals surface area contributed by atoms with Gasteiger partial charge in [-0.05, 0) is 24.3 Å². The third kappa shape index (κ3) is 1.41. The highest BCUT2D eigenvalue weighted by atomic mass is 15.3. The molecule has 0 saturated heterocycles. The minimum absolute atomic E-state index is 0.214. The summed E-state index contributed by atoms with van der Waals surface area (Å²) in [6.45, 7) is 0. The van der Waals surface area contributed by atoms with Crippen molar-refractivity contribution >= 4 is 16.6 Å². The summed E-state index contributed by atoms with van der Waals surface area (Å²) < 4.78 is 3.50. The summed E-state index contributed by atoms with van der Waals surface area (Å²) in [7, 11) is 1.95. The van der Waals surface area contributed by atoms with Crippen LogP contribution in [0, 0.1) is 5.41 Å². The molecule has 4 aromatic rings. The zero-order valence-corrected chi connectivity index (χ0v) is 10.8. The smallest absolute Gasteiger partial charge is 0.222 e. The number of rotatable bonds is 1. The van der Waals surface area contributed by atoms with E-state index in [-0.39, 0.29) is 5.62 Å². The lowest BCUT2D eigenvalue weighted by atomic mass is 10.2. The Morgan fingerprint density at radius 1 is 1.15 bits per heavy atom. The molecule has 0 bridgehead atoms. The van der Waals surface area contributed by atoms with Gasteiger partial charge < -0.3 is 9.55 Å². The van der Waals surface area contributed by atoms with E-state index >= 15 is 0 Å². The maximum Gasteiger partial charge on any atom is 0.222 e. The van der Waals surface area contributed by atoms with Crippen LogP contribution in [-0.2, 0) is 7.05 Å². The van der Waals surface area contributed by atoms with Crippen LogP contribution >= 0.6 is 0 Å². The van der Waals surface area contributed by atoms with E-state index < -0.39 is 0 Å². The number of nitrogens with one attached hydrogen (secondary N) is 2. The normalized spacial score (nSPS) is 11.4. The summed E-state index contributed by atoms with van der Waals surface area (Å²) in [6, 6.07) is 11.7. The van der Waals surface area contributed by atoms with Crippen molar-refractivity contribution in [3.05, 3.63) is 48.2 Å². The highest BCUT2D eigenvalue weighted by Crippen LogP contribution is 2.19. The quantitative estimate of drug-likeness (QED) is 0.549. The second kappa shape index (κ2) is 3.80. The van der Waals surface area contributed by atoms with Crippen molar-refractivity contribution in [1.29, 1.82) is 5.41 Å². The number of benzene rings is 1. The number of H-pyrrole nitrogens is 1. The first-order valence-corrected chi connectivity index (χ1v) is 6.28. The third-order valence-corrected chi connectivity index (χ3v) is 3.41. The van der Waals surface area contributed by atoms with Gasteiger partial charge in [0.15, 0.2) is 11.5 Å². The van der Waals surface area contributed by atoms with Gasteiger partial charge in [-0.25, -0.2) is 4.98 Å². The standard InChI is InChI=1S/C14H12N6/c1-19-8-4-7-11(19)12-17-13-9-5-2-3-6-10(9)16-14(15)20(13)18-12/h2-8H,1H3,(H2,15,16). The fraction of sp³-hybridized carbons (Fsp3) is 0.0714. The molecule has 6 heteroatoms. The molecule has 0 amide bonds. The molecule has 98 valence electrons. The van der Waals surface area contributed by atoms with Gasteiger partial charge in [-0.15, -0.1) is 5.10 Å². The summed E-state index contributed by atoms with van der Waals surface area (Å²) >= 11 is 0. The van der Waals surface area contributed by atoms with E-state index in [1.54, 1.807) is 0 Å². The average molecular weight is 264 g/mol. The van der Waals surface area contributed by atoms with E-state index in [1.165, 1.54) is 4.52 Å². The molecule has 0 saturated carbocycles. The largest absolute Gasteiger partial charge is 0.348 e. The first kappa shape index (κ1) is 11.0. The van der Waals surface area contributed by atoms with Gasteiger partial charge in [0.2, 0.25) is 5.62 Å². The number of hydrogen-bond acceptors (Lipinski definition) is 3. The number of nitrogens with zero attached hydrogens (tertiary/aromatic N) is 4. The topological polar surface area (TPSA) is 74.8 Å². The Morgan fingerprint density at radius 3 is 2.80 bits per heavy atom. The molecule has 0 unspecified atom stereocenters. The highest BCUT2D eigenvalue weighted by molar-refractivity contribution is 5.91. The molecule has 3 aromatic heterocycles. The molecule has 20 heavy (non-hydrogen) atoms. The Morgan fingerprint density at radius 2 is 2.00 bits per heavy atom. The molecule has 0 aliphatic rings. The van der Waals surface area contributed by atoms with Gasteiger partial charge in [0.05, 0.1) is 11.2 Å². The van der Waals surface area contributed by atoms with E-state index in [9.17, 15) is 0 Å². The first-order valence-electron chi connectivity index (χ1n) is 6.28. The molecule has 4 rings (SSSR count). The molecule has 0 aliphatic heterocycles. The molecule has 0 aliphatic carbocycles. The van der Waals surface area contributed by atoms with Gasteiger partial charge in [0.1, 0.15) is 0 Å². The van der Waals surface area contributed by atoms with Crippen LogP contribution in [0.1, 0.15) is 0 Å². The van der Waals surface area contributed by atoms with Crippen LogP contribution < -0.4 is 5.62 Å². The van der Waals surface area contributed by atoms with Crippen LogP contribution in [0.3, 0.4) is 0 Å². The van der Waals surface area contributed by atoms with Crippen molar-refractivity contribution in [2.24, 2.45) is 7.05 Å². The zero-order chi connectivity index (χ0) is 13.7. The second-order valence-electron chi connectivity index (χ2n) is 4.69. The zero-order valence-electron chi connectivity index (χ0n) is 10.8. The molecule has 0 radical (unpaired) electrons. The number of aromatic amines is 1. The van der Waals surface area contributed by atoms with Crippen molar-refractivity contribution in [3.63, 3.8) is 0 Å². The lowest BCUT2D eigenvalue weighted by Gasteiger charge is -1.98. The minimum Gasteiger partial charge on any atom is -0.348 e. The summed E-state index contributed by atoms with van der Waals surface area (Å²) in [4.78, 5) is 7.62. The Hall–Kier alpha value is -2.89. The Kier molecular flexibility index (Phi) is 2.09. The van der Waals surface area contributed by atoms with E-state index in [2.05, 4.69) is 15.1 Å². The lowest BCUT2D eigenvalue weighted by molar-refractivity contribution is 0.825. The predicted molar refractivity (Wildman–Crippen MR) is 75.1 cm³/mol. The molecular weight excluding hydrogens is 252 g/mol. The van der Waals surface area contributed by atoms with Crippen LogP contribution in [-0.4, -0.2) is 24.1 Å². The molecule has 6 nitrogen and oxygen atoms in total. The van der Waals surface area contributed by atoms with Gasteiger partial charge in [-0.3, -0.25) is 5.41 Å². The number of hydrogen-bond donors (Lipinski definition) is 2. The van der Waals surface area contributed by atoms with Crippen molar-refractivity contribution in [2.75, 3.05) is 0 Å². The van der Waals surface area contributed by atoms with Gasteiger partial charge in [-0.1, -0.05) is 12.1 Å². The molecule has 0 atom stereocenters. The molecule has 3 heterocycles. The molecule has 2 N–H and O–H groups in total. The van der Waals surface area contributed by atoms with Crippen LogP contribution in [0.15, 0.2) is 42.6 Å². The highest BCUT2D eigenvalue weighted by Gasteiger charge is 2.12. The number of aromatic nitrogens is 5.